The van der Waals surface area contributed by atoms with Crippen molar-refractivity contribution >= 4 is 5.95 Å². The Morgan fingerprint density at radius 2 is 1.92 bits per heavy atom. The lowest BCUT2D eigenvalue weighted by molar-refractivity contribution is -0.141. The van der Waals surface area contributed by atoms with Gasteiger partial charge in [-0.3, -0.25) is 0 Å². The smallest absolute Gasteiger partial charge is 0.433 e. The highest BCUT2D eigenvalue weighted by Crippen LogP contribution is 2.27. The summed E-state index contributed by atoms with van der Waals surface area (Å²) in [5, 5.41) is 10.6. The van der Waals surface area contributed by atoms with Gasteiger partial charge in [-0.15, -0.1) is 5.10 Å². The van der Waals surface area contributed by atoms with Crippen LogP contribution in [-0.2, 0) is 12.6 Å². The Balaban J connectivity index is 1.66. The highest BCUT2D eigenvalue weighted by atomic mass is 19.4. The van der Waals surface area contributed by atoms with Crippen LogP contribution < -0.4 is 5.32 Å². The number of anilines is 1. The first-order valence-electron chi connectivity index (χ1n) is 7.73. The summed E-state index contributed by atoms with van der Waals surface area (Å²) >= 11 is 0. The van der Waals surface area contributed by atoms with Crippen LogP contribution in [0.1, 0.15) is 23.0 Å². The minimum atomic E-state index is -4.50. The van der Waals surface area contributed by atoms with Gasteiger partial charge in [-0.1, -0.05) is 0 Å². The van der Waals surface area contributed by atoms with E-state index in [1.165, 1.54) is 13.1 Å². The van der Waals surface area contributed by atoms with Crippen LogP contribution in [0.15, 0.2) is 28.8 Å². The second kappa shape index (κ2) is 7.06. The van der Waals surface area contributed by atoms with Gasteiger partial charge in [0.15, 0.2) is 5.76 Å². The van der Waals surface area contributed by atoms with Crippen molar-refractivity contribution in [3.63, 3.8) is 0 Å². The number of aryl methyl sites for hydroxylation is 2. The number of rotatable bonds is 5. The van der Waals surface area contributed by atoms with E-state index in [-0.39, 0.29) is 30.4 Å². The second-order valence-electron chi connectivity index (χ2n) is 5.56. The van der Waals surface area contributed by atoms with Gasteiger partial charge in [-0.05, 0) is 32.0 Å². The number of hydrogen-bond acceptors (Lipinski definition) is 7. The lowest BCUT2D eigenvalue weighted by atomic mass is 10.3. The first-order chi connectivity index (χ1) is 12.3. The average Bonchev–Trinajstić information content (AvgIpc) is 3.00. The predicted octanol–water partition coefficient (Wildman–Crippen LogP) is 3.21. The minimum Gasteiger partial charge on any atom is -0.460 e. The van der Waals surface area contributed by atoms with E-state index in [0.29, 0.717) is 11.5 Å². The lowest BCUT2D eigenvalue weighted by Crippen LogP contribution is -2.15. The summed E-state index contributed by atoms with van der Waals surface area (Å²) in [5.74, 6) is 1.62. The van der Waals surface area contributed by atoms with Gasteiger partial charge >= 0.3 is 6.18 Å². The molecule has 0 fully saturated rings. The second-order valence-corrected chi connectivity index (χ2v) is 5.56. The molecule has 0 spiro atoms. The quantitative estimate of drug-likeness (QED) is 0.743. The van der Waals surface area contributed by atoms with E-state index in [0.717, 1.165) is 11.8 Å². The molecular formula is C16H15F3N6O. The third-order valence-corrected chi connectivity index (χ3v) is 3.37. The normalized spacial score (nSPS) is 11.6. The summed E-state index contributed by atoms with van der Waals surface area (Å²) in [6.07, 6.45) is -2.86. The maximum Gasteiger partial charge on any atom is 0.433 e. The molecule has 0 radical (unpaired) electrons. The molecule has 7 nitrogen and oxygen atoms in total. The number of aromatic nitrogens is 5. The Morgan fingerprint density at radius 3 is 2.62 bits per heavy atom. The van der Waals surface area contributed by atoms with E-state index in [2.05, 4.69) is 30.5 Å². The lowest BCUT2D eigenvalue weighted by Gasteiger charge is -2.09. The molecule has 10 heteroatoms. The van der Waals surface area contributed by atoms with E-state index in [1.807, 2.05) is 6.92 Å². The van der Waals surface area contributed by atoms with Gasteiger partial charge in [0, 0.05) is 18.7 Å². The summed E-state index contributed by atoms with van der Waals surface area (Å²) < 4.78 is 43.9. The van der Waals surface area contributed by atoms with Crippen LogP contribution in [0.4, 0.5) is 19.1 Å². The number of alkyl halides is 3. The Labute approximate surface area is 146 Å². The van der Waals surface area contributed by atoms with Gasteiger partial charge in [-0.25, -0.2) is 15.0 Å². The molecule has 3 aromatic rings. The molecule has 0 aliphatic heterocycles. The molecule has 0 atom stereocenters. The molecule has 3 rings (SSSR count). The van der Waals surface area contributed by atoms with Crippen LogP contribution in [0.2, 0.25) is 0 Å². The summed E-state index contributed by atoms with van der Waals surface area (Å²) in [6, 6.07) is 4.49. The van der Waals surface area contributed by atoms with Crippen LogP contribution in [0.25, 0.3) is 11.5 Å². The molecule has 0 aliphatic carbocycles. The van der Waals surface area contributed by atoms with Gasteiger partial charge in [0.2, 0.25) is 5.95 Å². The molecule has 0 aliphatic rings. The van der Waals surface area contributed by atoms with Crippen molar-refractivity contribution in [2.45, 2.75) is 26.4 Å². The number of nitrogens with one attached hydrogen (secondary N) is 1. The third kappa shape index (κ3) is 4.32. The van der Waals surface area contributed by atoms with Crippen molar-refractivity contribution in [2.24, 2.45) is 0 Å². The minimum absolute atomic E-state index is 0.0931. The van der Waals surface area contributed by atoms with Crippen LogP contribution >= 0.6 is 0 Å². The van der Waals surface area contributed by atoms with Crippen molar-refractivity contribution in [1.82, 2.24) is 25.1 Å². The maximum atomic E-state index is 12.8. The maximum absolute atomic E-state index is 12.8. The summed E-state index contributed by atoms with van der Waals surface area (Å²) in [4.78, 5) is 11.8. The number of hydrogen-bond donors (Lipinski definition) is 1. The monoisotopic (exact) mass is 364 g/mol. The van der Waals surface area contributed by atoms with Gasteiger partial charge in [-0.2, -0.15) is 18.3 Å². The zero-order valence-corrected chi connectivity index (χ0v) is 14.0. The molecule has 0 amide bonds. The molecule has 1 N–H and O–H groups in total. The van der Waals surface area contributed by atoms with E-state index < -0.39 is 11.9 Å². The highest BCUT2D eigenvalue weighted by Gasteiger charge is 2.33. The van der Waals surface area contributed by atoms with E-state index in [1.54, 1.807) is 12.1 Å². The van der Waals surface area contributed by atoms with Crippen molar-refractivity contribution < 1.29 is 17.6 Å². The average molecular weight is 364 g/mol. The zero-order chi connectivity index (χ0) is 18.7. The first kappa shape index (κ1) is 17.8. The largest absolute Gasteiger partial charge is 0.460 e. The third-order valence-electron chi connectivity index (χ3n) is 3.37. The standard InChI is InChI=1S/C16H15F3N6O/c1-9-7-13(16(17,18)19)24-14(22-9)5-6-20-15-23-11(8-21-25-15)12-4-3-10(2)26-12/h3-4,7-8H,5-6H2,1-2H3,(H,20,23,25). The molecular weight excluding hydrogens is 349 g/mol. The molecule has 136 valence electrons. The van der Waals surface area contributed by atoms with Gasteiger partial charge in [0.1, 0.15) is 23.0 Å². The Kier molecular flexibility index (Phi) is 4.83. The Hall–Kier alpha value is -3.04. The number of furan rings is 1. The van der Waals surface area contributed by atoms with Crippen molar-refractivity contribution in [3.05, 3.63) is 47.4 Å². The van der Waals surface area contributed by atoms with Gasteiger partial charge in [0.05, 0.1) is 6.20 Å². The first-order valence-corrected chi connectivity index (χ1v) is 7.73. The number of halogens is 3. The summed E-state index contributed by atoms with van der Waals surface area (Å²) in [6.45, 7) is 3.56. The molecule has 26 heavy (non-hydrogen) atoms. The van der Waals surface area contributed by atoms with Crippen molar-refractivity contribution in [1.29, 1.82) is 0 Å². The fraction of sp³-hybridized carbons (Fsp3) is 0.312. The molecule has 0 aromatic carbocycles. The van der Waals surface area contributed by atoms with E-state index >= 15 is 0 Å². The summed E-state index contributed by atoms with van der Waals surface area (Å²) in [5.41, 5.74) is -0.190. The van der Waals surface area contributed by atoms with Crippen molar-refractivity contribution in [2.75, 3.05) is 11.9 Å². The van der Waals surface area contributed by atoms with Gasteiger partial charge < -0.3 is 9.73 Å². The molecule has 0 unspecified atom stereocenters. The SMILES string of the molecule is Cc1cc(C(F)(F)F)nc(CCNc2nncc(-c3ccc(C)o3)n2)n1. The predicted molar refractivity (Wildman–Crippen MR) is 86.2 cm³/mol. The van der Waals surface area contributed by atoms with E-state index in [9.17, 15) is 13.2 Å². The molecule has 3 aromatic heterocycles. The Morgan fingerprint density at radius 1 is 1.12 bits per heavy atom. The fourth-order valence-corrected chi connectivity index (χ4v) is 2.24. The van der Waals surface area contributed by atoms with Gasteiger partial charge in [0.25, 0.3) is 0 Å². The van der Waals surface area contributed by atoms with E-state index in [4.69, 9.17) is 4.42 Å². The highest BCUT2D eigenvalue weighted by molar-refractivity contribution is 5.52. The summed E-state index contributed by atoms with van der Waals surface area (Å²) in [7, 11) is 0. The molecule has 3 heterocycles. The molecule has 0 bridgehead atoms. The Bertz CT molecular complexity index is 909. The van der Waals surface area contributed by atoms with Crippen LogP contribution in [-0.4, -0.2) is 31.7 Å². The zero-order valence-electron chi connectivity index (χ0n) is 14.0. The fourth-order valence-electron chi connectivity index (χ4n) is 2.24. The van der Waals surface area contributed by atoms with Crippen LogP contribution in [0.3, 0.4) is 0 Å². The molecule has 0 saturated heterocycles. The van der Waals surface area contributed by atoms with Crippen molar-refractivity contribution in [3.8, 4) is 11.5 Å². The van der Waals surface area contributed by atoms with Crippen LogP contribution in [0, 0.1) is 13.8 Å². The van der Waals surface area contributed by atoms with Crippen LogP contribution in [0.5, 0.6) is 0 Å². The number of nitrogens with zero attached hydrogens (tertiary/aromatic N) is 5. The molecule has 0 saturated carbocycles. The topological polar surface area (TPSA) is 89.6 Å².